The summed E-state index contributed by atoms with van der Waals surface area (Å²) in [6, 6.07) is 12.1. The van der Waals surface area contributed by atoms with Crippen LogP contribution in [0.4, 0.5) is 10.6 Å². The lowest BCUT2D eigenvalue weighted by Crippen LogP contribution is -2.55. The molecule has 156 valence electrons. The van der Waals surface area contributed by atoms with E-state index in [1.807, 2.05) is 63.4 Å². The Morgan fingerprint density at radius 2 is 1.83 bits per heavy atom. The van der Waals surface area contributed by atoms with Gasteiger partial charge in [-0.2, -0.15) is 0 Å². The van der Waals surface area contributed by atoms with E-state index in [9.17, 15) is 4.79 Å². The molecule has 1 aliphatic heterocycles. The van der Waals surface area contributed by atoms with Crippen LogP contribution in [0.25, 0.3) is 22.0 Å². The number of rotatable bonds is 2. The second-order valence-electron chi connectivity index (χ2n) is 8.63. The Morgan fingerprint density at radius 1 is 1.07 bits per heavy atom. The SMILES string of the molecule is CC1CN(C(=O)OC(C)(C)C)CCN1c1nnc(-c2ccccc2)c2cnccc12. The molecule has 0 spiro atoms. The third kappa shape index (κ3) is 4.06. The van der Waals surface area contributed by atoms with Crippen molar-refractivity contribution in [2.45, 2.75) is 39.3 Å². The molecule has 1 unspecified atom stereocenters. The highest BCUT2D eigenvalue weighted by molar-refractivity contribution is 5.99. The first-order chi connectivity index (χ1) is 14.3. The van der Waals surface area contributed by atoms with Gasteiger partial charge in [-0.3, -0.25) is 4.98 Å². The Bertz CT molecular complexity index is 1050. The molecule has 0 saturated carbocycles. The molecular formula is C23H27N5O2. The van der Waals surface area contributed by atoms with E-state index in [0.717, 1.165) is 27.8 Å². The molecule has 3 aromatic rings. The van der Waals surface area contributed by atoms with E-state index >= 15 is 0 Å². The van der Waals surface area contributed by atoms with Crippen LogP contribution >= 0.6 is 0 Å². The fourth-order valence-electron chi connectivity index (χ4n) is 3.77. The molecule has 0 bridgehead atoms. The van der Waals surface area contributed by atoms with Crippen LogP contribution in [0.2, 0.25) is 0 Å². The van der Waals surface area contributed by atoms with Gasteiger partial charge in [-0.15, -0.1) is 10.2 Å². The van der Waals surface area contributed by atoms with E-state index in [2.05, 4.69) is 27.0 Å². The number of benzene rings is 1. The number of carbonyl (C=O) groups is 1. The topological polar surface area (TPSA) is 71.5 Å². The number of carbonyl (C=O) groups excluding carboxylic acids is 1. The molecule has 30 heavy (non-hydrogen) atoms. The lowest BCUT2D eigenvalue weighted by atomic mass is 10.1. The summed E-state index contributed by atoms with van der Waals surface area (Å²) in [5.74, 6) is 0.823. The van der Waals surface area contributed by atoms with E-state index in [-0.39, 0.29) is 12.1 Å². The van der Waals surface area contributed by atoms with Crippen LogP contribution in [0.3, 0.4) is 0 Å². The molecule has 1 amide bonds. The highest BCUT2D eigenvalue weighted by Crippen LogP contribution is 2.32. The maximum atomic E-state index is 12.5. The number of fused-ring (bicyclic) bond motifs is 1. The van der Waals surface area contributed by atoms with Crippen LogP contribution in [0.15, 0.2) is 48.8 Å². The van der Waals surface area contributed by atoms with Crippen molar-refractivity contribution in [2.24, 2.45) is 0 Å². The molecule has 2 aromatic heterocycles. The number of pyridine rings is 1. The number of hydrogen-bond donors (Lipinski definition) is 0. The van der Waals surface area contributed by atoms with Crippen molar-refractivity contribution in [3.8, 4) is 11.3 Å². The highest BCUT2D eigenvalue weighted by Gasteiger charge is 2.31. The van der Waals surface area contributed by atoms with Crippen molar-refractivity contribution >= 4 is 22.7 Å². The minimum absolute atomic E-state index is 0.0829. The summed E-state index contributed by atoms with van der Waals surface area (Å²) in [5.41, 5.74) is 1.33. The Morgan fingerprint density at radius 3 is 2.53 bits per heavy atom. The normalized spacial score (nSPS) is 17.3. The van der Waals surface area contributed by atoms with Crippen LogP contribution in [-0.4, -0.2) is 57.5 Å². The van der Waals surface area contributed by atoms with E-state index in [0.29, 0.717) is 19.6 Å². The molecule has 7 heteroatoms. The second kappa shape index (κ2) is 7.89. The van der Waals surface area contributed by atoms with Gasteiger partial charge in [0.15, 0.2) is 5.82 Å². The van der Waals surface area contributed by atoms with E-state index in [1.165, 1.54) is 0 Å². The standard InChI is InChI=1S/C23H27N5O2/c1-16-15-27(22(29)30-23(2,3)4)12-13-28(16)21-18-10-11-24-14-19(18)20(25-26-21)17-8-6-5-7-9-17/h5-11,14,16H,12-13,15H2,1-4H3. The highest BCUT2D eigenvalue weighted by atomic mass is 16.6. The van der Waals surface area contributed by atoms with E-state index in [1.54, 1.807) is 11.1 Å². The average molecular weight is 406 g/mol. The number of amides is 1. The Labute approximate surface area is 176 Å². The van der Waals surface area contributed by atoms with Gasteiger partial charge in [0.05, 0.1) is 0 Å². The molecule has 0 radical (unpaired) electrons. The zero-order chi connectivity index (χ0) is 21.3. The van der Waals surface area contributed by atoms with Crippen LogP contribution in [0, 0.1) is 0 Å². The molecule has 3 heterocycles. The summed E-state index contributed by atoms with van der Waals surface area (Å²) in [6.07, 6.45) is 3.36. The van der Waals surface area contributed by atoms with Gasteiger partial charge in [0.25, 0.3) is 0 Å². The largest absolute Gasteiger partial charge is 0.444 e. The van der Waals surface area contributed by atoms with Gasteiger partial charge in [0, 0.05) is 54.4 Å². The van der Waals surface area contributed by atoms with Gasteiger partial charge in [0.1, 0.15) is 11.3 Å². The zero-order valence-corrected chi connectivity index (χ0v) is 17.9. The van der Waals surface area contributed by atoms with Crippen molar-refractivity contribution in [1.82, 2.24) is 20.1 Å². The van der Waals surface area contributed by atoms with Crippen molar-refractivity contribution in [3.05, 3.63) is 48.8 Å². The number of nitrogens with zero attached hydrogens (tertiary/aromatic N) is 5. The van der Waals surface area contributed by atoms with Crippen LogP contribution in [0.5, 0.6) is 0 Å². The quantitative estimate of drug-likeness (QED) is 0.638. The van der Waals surface area contributed by atoms with Crippen LogP contribution in [-0.2, 0) is 4.74 Å². The number of anilines is 1. The Hall–Kier alpha value is -3.22. The summed E-state index contributed by atoms with van der Waals surface area (Å²) < 4.78 is 5.53. The summed E-state index contributed by atoms with van der Waals surface area (Å²) in [5, 5.41) is 11.1. The first-order valence-electron chi connectivity index (χ1n) is 10.2. The predicted octanol–water partition coefficient (Wildman–Crippen LogP) is 4.14. The maximum absolute atomic E-state index is 12.5. The Balaban J connectivity index is 1.63. The first-order valence-corrected chi connectivity index (χ1v) is 10.2. The summed E-state index contributed by atoms with van der Waals surface area (Å²) in [4.78, 5) is 20.8. The molecule has 4 rings (SSSR count). The third-order valence-electron chi connectivity index (χ3n) is 5.16. The average Bonchev–Trinajstić information content (AvgIpc) is 2.72. The van der Waals surface area contributed by atoms with Crippen LogP contribution < -0.4 is 4.90 Å². The number of aromatic nitrogens is 3. The lowest BCUT2D eigenvalue weighted by Gasteiger charge is -2.40. The molecule has 1 saturated heterocycles. The monoisotopic (exact) mass is 405 g/mol. The molecule has 0 N–H and O–H groups in total. The van der Waals surface area contributed by atoms with Gasteiger partial charge in [-0.05, 0) is 33.8 Å². The van der Waals surface area contributed by atoms with E-state index < -0.39 is 5.60 Å². The second-order valence-corrected chi connectivity index (χ2v) is 8.63. The minimum Gasteiger partial charge on any atom is -0.444 e. The number of hydrogen-bond acceptors (Lipinski definition) is 6. The maximum Gasteiger partial charge on any atom is 0.410 e. The molecule has 7 nitrogen and oxygen atoms in total. The fourth-order valence-corrected chi connectivity index (χ4v) is 3.77. The molecule has 1 atom stereocenters. The van der Waals surface area contributed by atoms with Crippen LogP contribution in [0.1, 0.15) is 27.7 Å². The smallest absolute Gasteiger partial charge is 0.410 e. The third-order valence-corrected chi connectivity index (χ3v) is 5.16. The molecule has 1 fully saturated rings. The van der Waals surface area contributed by atoms with Gasteiger partial charge in [-0.25, -0.2) is 4.79 Å². The van der Waals surface area contributed by atoms with Gasteiger partial charge >= 0.3 is 6.09 Å². The van der Waals surface area contributed by atoms with E-state index in [4.69, 9.17) is 4.74 Å². The molecular weight excluding hydrogens is 378 g/mol. The summed E-state index contributed by atoms with van der Waals surface area (Å²) in [6.45, 7) is 9.56. The number of piperazine rings is 1. The minimum atomic E-state index is -0.501. The van der Waals surface area contributed by atoms with Gasteiger partial charge < -0.3 is 14.5 Å². The molecule has 0 aliphatic carbocycles. The first kappa shape index (κ1) is 20.1. The van der Waals surface area contributed by atoms with Crippen molar-refractivity contribution < 1.29 is 9.53 Å². The molecule has 1 aliphatic rings. The van der Waals surface area contributed by atoms with Gasteiger partial charge in [0.2, 0.25) is 0 Å². The lowest BCUT2D eigenvalue weighted by molar-refractivity contribution is 0.0218. The fraction of sp³-hybridized carbons (Fsp3) is 0.391. The van der Waals surface area contributed by atoms with Gasteiger partial charge in [-0.1, -0.05) is 30.3 Å². The zero-order valence-electron chi connectivity index (χ0n) is 17.9. The van der Waals surface area contributed by atoms with Crippen molar-refractivity contribution in [1.29, 1.82) is 0 Å². The van der Waals surface area contributed by atoms with Crippen molar-refractivity contribution in [2.75, 3.05) is 24.5 Å². The Kier molecular flexibility index (Phi) is 5.28. The molecule has 1 aromatic carbocycles. The predicted molar refractivity (Wildman–Crippen MR) is 117 cm³/mol. The summed E-state index contributed by atoms with van der Waals surface area (Å²) in [7, 11) is 0. The van der Waals surface area contributed by atoms with Crippen molar-refractivity contribution in [3.63, 3.8) is 0 Å². The number of ether oxygens (including phenoxy) is 1. The summed E-state index contributed by atoms with van der Waals surface area (Å²) >= 11 is 0.